The lowest BCUT2D eigenvalue weighted by atomic mass is 9.93. The SMILES string of the molecule is CCC(C)(CCO)NC(=O)C(C)(C)Oc1ccc(Cl)cc1. The number of aliphatic hydroxyl groups excluding tert-OH is 1. The Bertz CT molecular complexity index is 473. The van der Waals surface area contributed by atoms with Crippen molar-refractivity contribution in [3.8, 4) is 5.75 Å². The highest BCUT2D eigenvalue weighted by Crippen LogP contribution is 2.22. The summed E-state index contributed by atoms with van der Waals surface area (Å²) in [4.78, 5) is 12.4. The molecule has 0 aliphatic carbocycles. The maximum absolute atomic E-state index is 12.4. The first-order valence-electron chi connectivity index (χ1n) is 7.10. The summed E-state index contributed by atoms with van der Waals surface area (Å²) in [5, 5.41) is 12.7. The first-order chi connectivity index (χ1) is 9.72. The van der Waals surface area contributed by atoms with Gasteiger partial charge >= 0.3 is 0 Å². The lowest BCUT2D eigenvalue weighted by molar-refractivity contribution is -0.136. The van der Waals surface area contributed by atoms with Gasteiger partial charge in [0.1, 0.15) is 5.75 Å². The molecule has 1 unspecified atom stereocenters. The van der Waals surface area contributed by atoms with E-state index in [1.54, 1.807) is 38.1 Å². The van der Waals surface area contributed by atoms with Crippen molar-refractivity contribution in [1.82, 2.24) is 5.32 Å². The van der Waals surface area contributed by atoms with Crippen LogP contribution >= 0.6 is 11.6 Å². The van der Waals surface area contributed by atoms with E-state index in [2.05, 4.69) is 5.32 Å². The zero-order valence-corrected chi connectivity index (χ0v) is 13.8. The van der Waals surface area contributed by atoms with Crippen molar-refractivity contribution in [3.63, 3.8) is 0 Å². The number of rotatable bonds is 7. The van der Waals surface area contributed by atoms with Gasteiger partial charge in [-0.3, -0.25) is 4.79 Å². The third-order valence-corrected chi connectivity index (χ3v) is 3.84. The van der Waals surface area contributed by atoms with E-state index >= 15 is 0 Å². The molecule has 0 spiro atoms. The molecule has 0 heterocycles. The van der Waals surface area contributed by atoms with Gasteiger partial charge in [-0.25, -0.2) is 0 Å². The van der Waals surface area contributed by atoms with Gasteiger partial charge in [0, 0.05) is 17.2 Å². The molecular formula is C16H24ClNO3. The average Bonchev–Trinajstić information content (AvgIpc) is 2.41. The summed E-state index contributed by atoms with van der Waals surface area (Å²) < 4.78 is 5.75. The van der Waals surface area contributed by atoms with E-state index in [-0.39, 0.29) is 12.5 Å². The monoisotopic (exact) mass is 313 g/mol. The zero-order valence-electron chi connectivity index (χ0n) is 13.1. The van der Waals surface area contributed by atoms with E-state index in [4.69, 9.17) is 21.4 Å². The Hall–Kier alpha value is -1.26. The minimum atomic E-state index is -1.01. The number of hydrogen-bond acceptors (Lipinski definition) is 3. The second kappa shape index (κ2) is 7.14. The van der Waals surface area contributed by atoms with Crippen LogP contribution in [0.2, 0.25) is 5.02 Å². The Balaban J connectivity index is 2.76. The van der Waals surface area contributed by atoms with Gasteiger partial charge in [0.05, 0.1) is 0 Å². The third kappa shape index (κ3) is 5.21. The summed E-state index contributed by atoms with van der Waals surface area (Å²) >= 11 is 5.83. The van der Waals surface area contributed by atoms with Gasteiger partial charge in [0.15, 0.2) is 5.60 Å². The normalized spacial score (nSPS) is 14.4. The molecule has 0 aromatic heterocycles. The molecule has 0 bridgehead atoms. The predicted octanol–water partition coefficient (Wildman–Crippen LogP) is 3.16. The van der Waals surface area contributed by atoms with E-state index in [1.807, 2.05) is 13.8 Å². The predicted molar refractivity (Wildman–Crippen MR) is 84.7 cm³/mol. The fourth-order valence-electron chi connectivity index (χ4n) is 1.84. The maximum atomic E-state index is 12.4. The summed E-state index contributed by atoms with van der Waals surface area (Å²) in [6.07, 6.45) is 1.24. The number of nitrogens with one attached hydrogen (secondary N) is 1. The summed E-state index contributed by atoms with van der Waals surface area (Å²) in [5.41, 5.74) is -1.45. The summed E-state index contributed by atoms with van der Waals surface area (Å²) in [7, 11) is 0. The van der Waals surface area contributed by atoms with Crippen molar-refractivity contribution in [2.45, 2.75) is 51.7 Å². The second-order valence-electron chi connectivity index (χ2n) is 5.91. The molecule has 0 saturated heterocycles. The topological polar surface area (TPSA) is 58.6 Å². The Morgan fingerprint density at radius 2 is 1.86 bits per heavy atom. The molecule has 2 N–H and O–H groups in total. The second-order valence-corrected chi connectivity index (χ2v) is 6.34. The van der Waals surface area contributed by atoms with Crippen LogP contribution in [0.15, 0.2) is 24.3 Å². The molecule has 1 aromatic carbocycles. The van der Waals surface area contributed by atoms with Gasteiger partial charge in [-0.1, -0.05) is 18.5 Å². The molecule has 0 saturated carbocycles. The molecule has 1 rings (SSSR count). The van der Waals surface area contributed by atoms with E-state index in [9.17, 15) is 4.79 Å². The van der Waals surface area contributed by atoms with Gasteiger partial charge in [-0.05, 0) is 57.9 Å². The van der Waals surface area contributed by atoms with Gasteiger partial charge in [0.2, 0.25) is 0 Å². The molecular weight excluding hydrogens is 290 g/mol. The van der Waals surface area contributed by atoms with Crippen LogP contribution in [-0.4, -0.2) is 28.8 Å². The number of carbonyl (C=O) groups is 1. The maximum Gasteiger partial charge on any atom is 0.264 e. The molecule has 0 fully saturated rings. The third-order valence-electron chi connectivity index (χ3n) is 3.59. The van der Waals surface area contributed by atoms with Gasteiger partial charge in [-0.2, -0.15) is 0 Å². The molecule has 1 atom stereocenters. The molecule has 1 aromatic rings. The van der Waals surface area contributed by atoms with Gasteiger partial charge < -0.3 is 15.2 Å². The fourth-order valence-corrected chi connectivity index (χ4v) is 1.97. The highest BCUT2D eigenvalue weighted by atomic mass is 35.5. The minimum absolute atomic E-state index is 0.0308. The van der Waals surface area contributed by atoms with E-state index in [0.29, 0.717) is 17.2 Å². The average molecular weight is 314 g/mol. The van der Waals surface area contributed by atoms with Crippen LogP contribution in [-0.2, 0) is 4.79 Å². The Morgan fingerprint density at radius 3 is 2.33 bits per heavy atom. The number of amides is 1. The van der Waals surface area contributed by atoms with Gasteiger partial charge in [-0.15, -0.1) is 0 Å². The number of hydrogen-bond donors (Lipinski definition) is 2. The summed E-state index contributed by atoms with van der Waals surface area (Å²) in [6.45, 7) is 7.35. The highest BCUT2D eigenvalue weighted by Gasteiger charge is 2.34. The molecule has 0 aliphatic rings. The molecule has 0 radical (unpaired) electrons. The molecule has 5 heteroatoms. The van der Waals surface area contributed by atoms with Crippen molar-refractivity contribution < 1.29 is 14.6 Å². The quantitative estimate of drug-likeness (QED) is 0.813. The van der Waals surface area contributed by atoms with Crippen molar-refractivity contribution in [2.75, 3.05) is 6.61 Å². The van der Waals surface area contributed by atoms with Crippen LogP contribution in [0.1, 0.15) is 40.5 Å². The molecule has 21 heavy (non-hydrogen) atoms. The van der Waals surface area contributed by atoms with E-state index in [0.717, 1.165) is 6.42 Å². The fraction of sp³-hybridized carbons (Fsp3) is 0.562. The van der Waals surface area contributed by atoms with Crippen LogP contribution in [0.4, 0.5) is 0 Å². The smallest absolute Gasteiger partial charge is 0.264 e. The lowest BCUT2D eigenvalue weighted by Gasteiger charge is -2.34. The van der Waals surface area contributed by atoms with Crippen molar-refractivity contribution >= 4 is 17.5 Å². The Labute approximate surface area is 131 Å². The van der Waals surface area contributed by atoms with E-state index in [1.165, 1.54) is 0 Å². The van der Waals surface area contributed by atoms with Crippen LogP contribution in [0, 0.1) is 0 Å². The minimum Gasteiger partial charge on any atom is -0.478 e. The highest BCUT2D eigenvalue weighted by molar-refractivity contribution is 6.30. The number of benzene rings is 1. The van der Waals surface area contributed by atoms with Crippen LogP contribution < -0.4 is 10.1 Å². The summed E-state index contributed by atoms with van der Waals surface area (Å²) in [6, 6.07) is 6.88. The van der Waals surface area contributed by atoms with Crippen LogP contribution in [0.25, 0.3) is 0 Å². The summed E-state index contributed by atoms with van der Waals surface area (Å²) in [5.74, 6) is 0.371. The molecule has 4 nitrogen and oxygen atoms in total. The first-order valence-corrected chi connectivity index (χ1v) is 7.48. The van der Waals surface area contributed by atoms with Crippen LogP contribution in [0.3, 0.4) is 0 Å². The molecule has 118 valence electrons. The lowest BCUT2D eigenvalue weighted by Crippen LogP contribution is -2.55. The van der Waals surface area contributed by atoms with Crippen molar-refractivity contribution in [2.24, 2.45) is 0 Å². The number of aliphatic hydroxyl groups is 1. The Morgan fingerprint density at radius 1 is 1.29 bits per heavy atom. The van der Waals surface area contributed by atoms with Crippen molar-refractivity contribution in [3.05, 3.63) is 29.3 Å². The van der Waals surface area contributed by atoms with Crippen LogP contribution in [0.5, 0.6) is 5.75 Å². The number of carbonyl (C=O) groups excluding carboxylic acids is 1. The largest absolute Gasteiger partial charge is 0.478 e. The molecule has 1 amide bonds. The first kappa shape index (κ1) is 17.8. The number of ether oxygens (including phenoxy) is 1. The Kier molecular flexibility index (Phi) is 6.05. The van der Waals surface area contributed by atoms with E-state index < -0.39 is 11.1 Å². The van der Waals surface area contributed by atoms with Crippen molar-refractivity contribution in [1.29, 1.82) is 0 Å². The standard InChI is InChI=1S/C16H24ClNO3/c1-5-16(4,10-11-19)18-14(20)15(2,3)21-13-8-6-12(17)7-9-13/h6-9,19H,5,10-11H2,1-4H3,(H,18,20). The number of halogens is 1. The van der Waals surface area contributed by atoms with Gasteiger partial charge in [0.25, 0.3) is 5.91 Å². The molecule has 0 aliphatic heterocycles. The zero-order chi connectivity index (χ0) is 16.1.